The first-order chi connectivity index (χ1) is 11.4. The molecule has 0 saturated carbocycles. The van der Waals surface area contributed by atoms with E-state index in [1.807, 2.05) is 68.9 Å². The molecule has 2 aromatic heterocycles. The molecule has 3 rings (SSSR count). The summed E-state index contributed by atoms with van der Waals surface area (Å²) in [5.74, 6) is -0.0431. The molecule has 1 amide bonds. The molecule has 24 heavy (non-hydrogen) atoms. The van der Waals surface area contributed by atoms with Gasteiger partial charge >= 0.3 is 0 Å². The third-order valence-corrected chi connectivity index (χ3v) is 4.44. The molecule has 0 saturated heterocycles. The summed E-state index contributed by atoms with van der Waals surface area (Å²) in [5.41, 5.74) is 1.27. The monoisotopic (exact) mass is 322 g/mol. The maximum atomic E-state index is 12.8. The molecule has 1 N–H and O–H groups in total. The number of imidazole rings is 1. The Balaban J connectivity index is 1.86. The number of hydrogen-bond donors (Lipinski definition) is 1. The van der Waals surface area contributed by atoms with Gasteiger partial charge in [-0.3, -0.25) is 9.78 Å². The smallest absolute Gasteiger partial charge is 0.246 e. The largest absolute Gasteiger partial charge is 0.348 e. The number of nitrogens with one attached hydrogen (secondary N) is 1. The van der Waals surface area contributed by atoms with Crippen LogP contribution < -0.4 is 5.32 Å². The van der Waals surface area contributed by atoms with Gasteiger partial charge in [0.15, 0.2) is 0 Å². The lowest BCUT2D eigenvalue weighted by Crippen LogP contribution is -2.44. The van der Waals surface area contributed by atoms with Crippen molar-refractivity contribution in [2.24, 2.45) is 0 Å². The highest BCUT2D eigenvalue weighted by Crippen LogP contribution is 2.25. The third-order valence-electron chi connectivity index (χ3n) is 4.44. The first-order valence-corrected chi connectivity index (χ1v) is 8.04. The SMILES string of the molecule is Cc1cn(C(C)(C)C(=O)N[C@@H](C)c2cccc3cnccc23)cn1. The van der Waals surface area contributed by atoms with Gasteiger partial charge in [-0.05, 0) is 44.7 Å². The Kier molecular flexibility index (Phi) is 4.09. The predicted molar refractivity (Wildman–Crippen MR) is 94.6 cm³/mol. The van der Waals surface area contributed by atoms with Crippen molar-refractivity contribution in [2.45, 2.75) is 39.3 Å². The number of nitrogens with zero attached hydrogens (tertiary/aromatic N) is 3. The fraction of sp³-hybridized carbons (Fsp3) is 0.316. The zero-order valence-corrected chi connectivity index (χ0v) is 14.4. The van der Waals surface area contributed by atoms with Crippen molar-refractivity contribution in [3.05, 3.63) is 60.4 Å². The van der Waals surface area contributed by atoms with Crippen molar-refractivity contribution in [1.29, 1.82) is 0 Å². The first-order valence-electron chi connectivity index (χ1n) is 8.04. The molecule has 0 fully saturated rings. The van der Waals surface area contributed by atoms with Crippen LogP contribution >= 0.6 is 0 Å². The number of hydrogen-bond acceptors (Lipinski definition) is 3. The summed E-state index contributed by atoms with van der Waals surface area (Å²) in [6, 6.07) is 7.94. The second kappa shape index (κ2) is 6.07. The topological polar surface area (TPSA) is 59.8 Å². The Morgan fingerprint density at radius 3 is 2.79 bits per heavy atom. The summed E-state index contributed by atoms with van der Waals surface area (Å²) in [4.78, 5) is 21.2. The number of aromatic nitrogens is 3. The third kappa shape index (κ3) is 2.89. The number of pyridine rings is 1. The van der Waals surface area contributed by atoms with Gasteiger partial charge in [0.1, 0.15) is 5.54 Å². The van der Waals surface area contributed by atoms with Gasteiger partial charge < -0.3 is 9.88 Å². The maximum Gasteiger partial charge on any atom is 0.246 e. The van der Waals surface area contributed by atoms with Gasteiger partial charge in [-0.25, -0.2) is 4.98 Å². The van der Waals surface area contributed by atoms with Gasteiger partial charge in [0, 0.05) is 24.0 Å². The number of benzene rings is 1. The van der Waals surface area contributed by atoms with E-state index in [1.165, 1.54) is 0 Å². The highest BCUT2D eigenvalue weighted by atomic mass is 16.2. The number of aryl methyl sites for hydroxylation is 1. The van der Waals surface area contributed by atoms with Crippen LogP contribution in [0.2, 0.25) is 0 Å². The number of amides is 1. The van der Waals surface area contributed by atoms with Crippen molar-refractivity contribution in [1.82, 2.24) is 19.9 Å². The van der Waals surface area contributed by atoms with E-state index in [0.717, 1.165) is 22.0 Å². The van der Waals surface area contributed by atoms with Crippen molar-refractivity contribution in [3.8, 4) is 0 Å². The van der Waals surface area contributed by atoms with Crippen LogP contribution in [0.3, 0.4) is 0 Å². The first kappa shape index (κ1) is 16.2. The molecular formula is C19H22N4O. The van der Waals surface area contributed by atoms with E-state index in [-0.39, 0.29) is 11.9 Å². The standard InChI is InChI=1S/C19H22N4O/c1-13-11-23(12-21-13)19(3,4)18(24)22-14(2)16-7-5-6-15-10-20-9-8-17(15)16/h5-12,14H,1-4H3,(H,22,24)/t14-/m0/s1. The Morgan fingerprint density at radius 2 is 2.08 bits per heavy atom. The zero-order valence-electron chi connectivity index (χ0n) is 14.4. The summed E-state index contributed by atoms with van der Waals surface area (Å²) in [6.45, 7) is 7.70. The Hall–Kier alpha value is -2.69. The number of carbonyl (C=O) groups excluding carboxylic acids is 1. The van der Waals surface area contributed by atoms with Gasteiger partial charge in [0.05, 0.1) is 18.1 Å². The summed E-state index contributed by atoms with van der Waals surface area (Å²) in [7, 11) is 0. The molecule has 5 nitrogen and oxygen atoms in total. The van der Waals surface area contributed by atoms with Crippen molar-refractivity contribution >= 4 is 16.7 Å². The Bertz CT molecular complexity index is 876. The lowest BCUT2D eigenvalue weighted by Gasteiger charge is -2.28. The van der Waals surface area contributed by atoms with Crippen LogP contribution in [0, 0.1) is 6.92 Å². The van der Waals surface area contributed by atoms with Crippen LogP contribution in [0.1, 0.15) is 38.1 Å². The van der Waals surface area contributed by atoms with Crippen molar-refractivity contribution in [3.63, 3.8) is 0 Å². The second-order valence-corrected chi connectivity index (χ2v) is 6.62. The molecule has 0 aliphatic heterocycles. The Morgan fingerprint density at radius 1 is 1.29 bits per heavy atom. The average molecular weight is 322 g/mol. The quantitative estimate of drug-likeness (QED) is 0.801. The van der Waals surface area contributed by atoms with Crippen molar-refractivity contribution in [2.75, 3.05) is 0 Å². The van der Waals surface area contributed by atoms with Crippen molar-refractivity contribution < 1.29 is 4.79 Å². The van der Waals surface area contributed by atoms with Crippen LogP contribution in [0.15, 0.2) is 49.2 Å². The van der Waals surface area contributed by atoms with E-state index in [9.17, 15) is 4.79 Å². The highest BCUT2D eigenvalue weighted by molar-refractivity contribution is 5.87. The minimum absolute atomic E-state index is 0.0431. The van der Waals surface area contributed by atoms with Crippen LogP contribution in [0.5, 0.6) is 0 Å². The molecule has 124 valence electrons. The van der Waals surface area contributed by atoms with E-state index >= 15 is 0 Å². The predicted octanol–water partition coefficient (Wildman–Crippen LogP) is 3.35. The highest BCUT2D eigenvalue weighted by Gasteiger charge is 2.30. The van der Waals surface area contributed by atoms with E-state index in [0.29, 0.717) is 0 Å². The molecule has 0 radical (unpaired) electrons. The molecule has 2 heterocycles. The molecule has 0 aliphatic carbocycles. The van der Waals surface area contributed by atoms with Gasteiger partial charge in [0.2, 0.25) is 5.91 Å². The normalized spacial score (nSPS) is 13.0. The fourth-order valence-electron chi connectivity index (χ4n) is 2.82. The van der Waals surface area contributed by atoms with Crippen LogP contribution in [0.4, 0.5) is 0 Å². The number of rotatable bonds is 4. The van der Waals surface area contributed by atoms with Gasteiger partial charge in [0.25, 0.3) is 0 Å². The van der Waals surface area contributed by atoms with Gasteiger partial charge in [-0.15, -0.1) is 0 Å². The molecular weight excluding hydrogens is 300 g/mol. The summed E-state index contributed by atoms with van der Waals surface area (Å²) < 4.78 is 1.84. The van der Waals surface area contributed by atoms with Crippen LogP contribution in [0.25, 0.3) is 10.8 Å². The maximum absolute atomic E-state index is 12.8. The average Bonchev–Trinajstić information content (AvgIpc) is 3.01. The molecule has 0 spiro atoms. The van der Waals surface area contributed by atoms with Gasteiger partial charge in [-0.2, -0.15) is 0 Å². The lowest BCUT2D eigenvalue weighted by molar-refractivity contribution is -0.129. The molecule has 0 unspecified atom stereocenters. The Labute approximate surface area is 141 Å². The van der Waals surface area contributed by atoms with E-state index in [4.69, 9.17) is 0 Å². The number of fused-ring (bicyclic) bond motifs is 1. The van der Waals surface area contributed by atoms with E-state index in [1.54, 1.807) is 12.5 Å². The molecule has 5 heteroatoms. The summed E-state index contributed by atoms with van der Waals surface area (Å²) in [5, 5.41) is 5.31. The molecule has 1 aromatic carbocycles. The van der Waals surface area contributed by atoms with Gasteiger partial charge in [-0.1, -0.05) is 18.2 Å². The van der Waals surface area contributed by atoms with Crippen LogP contribution in [-0.4, -0.2) is 20.4 Å². The lowest BCUT2D eigenvalue weighted by atomic mass is 9.99. The molecule has 3 aromatic rings. The van der Waals surface area contributed by atoms with E-state index < -0.39 is 5.54 Å². The van der Waals surface area contributed by atoms with E-state index in [2.05, 4.69) is 15.3 Å². The molecule has 0 aliphatic rings. The fourth-order valence-corrected chi connectivity index (χ4v) is 2.82. The summed E-state index contributed by atoms with van der Waals surface area (Å²) in [6.07, 6.45) is 7.20. The zero-order chi connectivity index (χ0) is 17.3. The number of carbonyl (C=O) groups is 1. The summed E-state index contributed by atoms with van der Waals surface area (Å²) >= 11 is 0. The molecule has 1 atom stereocenters. The minimum Gasteiger partial charge on any atom is -0.348 e. The minimum atomic E-state index is -0.707. The molecule has 0 bridgehead atoms. The second-order valence-electron chi connectivity index (χ2n) is 6.62. The van der Waals surface area contributed by atoms with Crippen LogP contribution in [-0.2, 0) is 10.3 Å².